The molecule has 0 radical (unpaired) electrons. The van der Waals surface area contributed by atoms with Crippen molar-refractivity contribution in [3.63, 3.8) is 0 Å². The monoisotopic (exact) mass is 271 g/mol. The molecule has 0 amide bonds. The molecule has 0 spiro atoms. The second kappa shape index (κ2) is 4.88. The zero-order chi connectivity index (χ0) is 14.1. The predicted molar refractivity (Wildman–Crippen MR) is 74.0 cm³/mol. The van der Waals surface area contributed by atoms with Gasteiger partial charge in [0.1, 0.15) is 11.6 Å². The molecule has 5 nitrogen and oxygen atoms in total. The maximum absolute atomic E-state index is 12.9. The summed E-state index contributed by atoms with van der Waals surface area (Å²) in [5.74, 6) is 1.22. The van der Waals surface area contributed by atoms with Crippen LogP contribution in [0.5, 0.6) is 0 Å². The minimum Gasteiger partial charge on any atom is -0.360 e. The highest BCUT2D eigenvalue weighted by atomic mass is 19.1. The Bertz CT molecular complexity index is 735. The second-order valence-corrected chi connectivity index (χ2v) is 4.63. The Morgan fingerprint density at radius 3 is 2.70 bits per heavy atom. The van der Waals surface area contributed by atoms with Crippen LogP contribution in [-0.4, -0.2) is 19.6 Å². The van der Waals surface area contributed by atoms with E-state index < -0.39 is 0 Å². The van der Waals surface area contributed by atoms with Crippen molar-refractivity contribution in [2.45, 2.75) is 19.9 Å². The first-order valence-corrected chi connectivity index (χ1v) is 6.33. The third-order valence-corrected chi connectivity index (χ3v) is 3.22. The zero-order valence-corrected chi connectivity index (χ0v) is 11.2. The molecule has 0 aliphatic carbocycles. The Morgan fingerprint density at radius 2 is 1.95 bits per heavy atom. The summed E-state index contributed by atoms with van der Waals surface area (Å²) in [6.07, 6.45) is 3.52. The molecule has 2 heterocycles. The Morgan fingerprint density at radius 1 is 1.20 bits per heavy atom. The summed E-state index contributed by atoms with van der Waals surface area (Å²) in [5, 5.41) is 11.4. The average molecular weight is 271 g/mol. The first-order valence-electron chi connectivity index (χ1n) is 6.33. The quantitative estimate of drug-likeness (QED) is 0.795. The van der Waals surface area contributed by atoms with Crippen LogP contribution >= 0.6 is 0 Å². The molecule has 1 atom stereocenters. The number of aromatic nitrogens is 4. The van der Waals surface area contributed by atoms with Crippen LogP contribution in [0.3, 0.4) is 0 Å². The van der Waals surface area contributed by atoms with Gasteiger partial charge in [0.2, 0.25) is 5.65 Å². The Balaban J connectivity index is 1.91. The number of hydrogen-bond acceptors (Lipinski definition) is 4. The SMILES string of the molecule is Cc1nnc2c(NC(C)c3ccc(F)cc3)nccn12. The predicted octanol–water partition coefficient (Wildman–Crippen LogP) is 2.74. The maximum atomic E-state index is 12.9. The molecular formula is C14H14FN5. The number of anilines is 1. The lowest BCUT2D eigenvalue weighted by Crippen LogP contribution is -2.09. The highest BCUT2D eigenvalue weighted by molar-refractivity contribution is 5.62. The van der Waals surface area contributed by atoms with Crippen molar-refractivity contribution >= 4 is 11.5 Å². The summed E-state index contributed by atoms with van der Waals surface area (Å²) in [4.78, 5) is 4.29. The molecule has 0 saturated heterocycles. The van der Waals surface area contributed by atoms with Crippen LogP contribution < -0.4 is 5.32 Å². The number of fused-ring (bicyclic) bond motifs is 1. The van der Waals surface area contributed by atoms with Gasteiger partial charge in [-0.15, -0.1) is 10.2 Å². The Kier molecular flexibility index (Phi) is 3.06. The lowest BCUT2D eigenvalue weighted by molar-refractivity contribution is 0.626. The number of hydrogen-bond donors (Lipinski definition) is 1. The van der Waals surface area contributed by atoms with Crippen molar-refractivity contribution in [3.05, 3.63) is 53.9 Å². The van der Waals surface area contributed by atoms with Crippen LogP contribution in [0.4, 0.5) is 10.2 Å². The molecule has 1 N–H and O–H groups in total. The zero-order valence-electron chi connectivity index (χ0n) is 11.2. The first kappa shape index (κ1) is 12.5. The smallest absolute Gasteiger partial charge is 0.203 e. The minimum atomic E-state index is -0.241. The molecule has 0 bridgehead atoms. The van der Waals surface area contributed by atoms with Gasteiger partial charge in [0.25, 0.3) is 0 Å². The van der Waals surface area contributed by atoms with Gasteiger partial charge in [-0.05, 0) is 31.5 Å². The fraction of sp³-hybridized carbons (Fsp3) is 0.214. The summed E-state index contributed by atoms with van der Waals surface area (Å²) in [7, 11) is 0. The summed E-state index contributed by atoms with van der Waals surface area (Å²) in [6.45, 7) is 3.87. The molecule has 0 aliphatic rings. The third kappa shape index (κ3) is 2.20. The van der Waals surface area contributed by atoms with E-state index in [0.29, 0.717) is 11.5 Å². The summed E-state index contributed by atoms with van der Waals surface area (Å²) >= 11 is 0. The molecule has 102 valence electrons. The van der Waals surface area contributed by atoms with Crippen LogP contribution in [0.25, 0.3) is 5.65 Å². The minimum absolute atomic E-state index is 0.00805. The number of benzene rings is 1. The van der Waals surface area contributed by atoms with Crippen LogP contribution in [-0.2, 0) is 0 Å². The lowest BCUT2D eigenvalue weighted by atomic mass is 10.1. The van der Waals surface area contributed by atoms with Crippen LogP contribution in [0, 0.1) is 12.7 Å². The van der Waals surface area contributed by atoms with Gasteiger partial charge in [-0.1, -0.05) is 12.1 Å². The molecular weight excluding hydrogens is 257 g/mol. The summed E-state index contributed by atoms with van der Waals surface area (Å²) in [5.41, 5.74) is 1.66. The van der Waals surface area contributed by atoms with Crippen molar-refractivity contribution in [3.8, 4) is 0 Å². The highest BCUT2D eigenvalue weighted by Gasteiger charge is 2.11. The van der Waals surface area contributed by atoms with Gasteiger partial charge in [-0.3, -0.25) is 4.40 Å². The highest BCUT2D eigenvalue weighted by Crippen LogP contribution is 2.20. The fourth-order valence-corrected chi connectivity index (χ4v) is 2.08. The molecule has 1 aromatic carbocycles. The van der Waals surface area contributed by atoms with Gasteiger partial charge < -0.3 is 5.32 Å². The molecule has 0 saturated carbocycles. The van der Waals surface area contributed by atoms with Gasteiger partial charge in [0, 0.05) is 12.4 Å². The molecule has 20 heavy (non-hydrogen) atoms. The molecule has 0 aliphatic heterocycles. The van der Waals surface area contributed by atoms with Crippen LogP contribution in [0.1, 0.15) is 24.4 Å². The number of aryl methyl sites for hydroxylation is 1. The van der Waals surface area contributed by atoms with Gasteiger partial charge in [0.05, 0.1) is 6.04 Å². The van der Waals surface area contributed by atoms with E-state index in [-0.39, 0.29) is 11.9 Å². The molecule has 3 rings (SSSR count). The van der Waals surface area contributed by atoms with Crippen molar-refractivity contribution in [1.29, 1.82) is 0 Å². The first-order chi connectivity index (χ1) is 9.65. The largest absolute Gasteiger partial charge is 0.360 e. The molecule has 0 fully saturated rings. The average Bonchev–Trinajstić information content (AvgIpc) is 2.82. The molecule has 1 unspecified atom stereocenters. The van der Waals surface area contributed by atoms with E-state index in [1.54, 1.807) is 18.3 Å². The van der Waals surface area contributed by atoms with E-state index in [1.165, 1.54) is 12.1 Å². The topological polar surface area (TPSA) is 55.1 Å². The van der Waals surface area contributed by atoms with Crippen molar-refractivity contribution in [2.24, 2.45) is 0 Å². The molecule has 6 heteroatoms. The fourth-order valence-electron chi connectivity index (χ4n) is 2.08. The Labute approximate surface area is 115 Å². The van der Waals surface area contributed by atoms with Crippen LogP contribution in [0.2, 0.25) is 0 Å². The van der Waals surface area contributed by atoms with Gasteiger partial charge in [-0.2, -0.15) is 0 Å². The van der Waals surface area contributed by atoms with Crippen LogP contribution in [0.15, 0.2) is 36.7 Å². The summed E-state index contributed by atoms with van der Waals surface area (Å²) < 4.78 is 14.8. The number of nitrogens with zero attached hydrogens (tertiary/aromatic N) is 4. The van der Waals surface area contributed by atoms with Gasteiger partial charge in [-0.25, -0.2) is 9.37 Å². The number of rotatable bonds is 3. The number of nitrogens with one attached hydrogen (secondary N) is 1. The number of halogens is 1. The van der Waals surface area contributed by atoms with Crippen molar-refractivity contribution < 1.29 is 4.39 Å². The van der Waals surface area contributed by atoms with Crippen molar-refractivity contribution in [2.75, 3.05) is 5.32 Å². The molecule has 2 aromatic heterocycles. The van der Waals surface area contributed by atoms with E-state index in [4.69, 9.17) is 0 Å². The van der Waals surface area contributed by atoms with E-state index in [9.17, 15) is 4.39 Å². The van der Waals surface area contributed by atoms with E-state index in [1.807, 2.05) is 24.4 Å². The molecule has 3 aromatic rings. The van der Waals surface area contributed by atoms with E-state index >= 15 is 0 Å². The maximum Gasteiger partial charge on any atom is 0.203 e. The second-order valence-electron chi connectivity index (χ2n) is 4.63. The normalized spacial score (nSPS) is 12.6. The van der Waals surface area contributed by atoms with E-state index in [0.717, 1.165) is 11.4 Å². The Hall–Kier alpha value is -2.50. The lowest BCUT2D eigenvalue weighted by Gasteiger charge is -2.15. The van der Waals surface area contributed by atoms with E-state index in [2.05, 4.69) is 20.5 Å². The summed E-state index contributed by atoms with van der Waals surface area (Å²) in [6, 6.07) is 6.39. The van der Waals surface area contributed by atoms with Gasteiger partial charge in [0.15, 0.2) is 5.82 Å². The third-order valence-electron chi connectivity index (χ3n) is 3.22. The van der Waals surface area contributed by atoms with Gasteiger partial charge >= 0.3 is 0 Å². The van der Waals surface area contributed by atoms with Crippen molar-refractivity contribution in [1.82, 2.24) is 19.6 Å². The standard InChI is InChI=1S/C14H14FN5/c1-9(11-3-5-12(15)6-4-11)17-13-14-19-18-10(2)20(14)8-7-16-13/h3-9H,1-2H3,(H,16,17).